The summed E-state index contributed by atoms with van der Waals surface area (Å²) in [5, 5.41) is 0. The topological polar surface area (TPSA) is 76.3 Å². The van der Waals surface area contributed by atoms with Gasteiger partial charge in [0.25, 0.3) is 11.8 Å². The first-order valence-corrected chi connectivity index (χ1v) is 7.13. The number of hydrogen-bond donors (Lipinski definition) is 1. The van der Waals surface area contributed by atoms with Crippen LogP contribution in [0.25, 0.3) is 0 Å². The molecule has 0 aliphatic carbocycles. The van der Waals surface area contributed by atoms with Gasteiger partial charge in [0.15, 0.2) is 0 Å². The molecule has 2 heterocycles. The van der Waals surface area contributed by atoms with Crippen LogP contribution < -0.4 is 10.6 Å². The molecule has 104 valence electrons. The van der Waals surface area contributed by atoms with Gasteiger partial charge in [-0.05, 0) is 24.3 Å². The molecule has 1 aliphatic heterocycles. The lowest BCUT2D eigenvalue weighted by atomic mass is 10.1. The number of rotatable bonds is 2. The third-order valence-electron chi connectivity index (χ3n) is 3.15. The first kappa shape index (κ1) is 13.8. The van der Waals surface area contributed by atoms with Crippen LogP contribution in [-0.4, -0.2) is 21.8 Å². The van der Waals surface area contributed by atoms with Crippen LogP contribution in [0.5, 0.6) is 0 Å². The lowest BCUT2D eigenvalue weighted by Crippen LogP contribution is -2.31. The van der Waals surface area contributed by atoms with Gasteiger partial charge in [-0.25, -0.2) is 4.90 Å². The molecular weight excluding hydrogens is 354 g/mol. The van der Waals surface area contributed by atoms with Gasteiger partial charge in [0.2, 0.25) is 0 Å². The van der Waals surface area contributed by atoms with Gasteiger partial charge in [0.1, 0.15) is 4.99 Å². The Kier molecular flexibility index (Phi) is 3.30. The van der Waals surface area contributed by atoms with E-state index in [0.29, 0.717) is 21.3 Å². The molecular formula is C14H8BrN3O2S. The zero-order valence-corrected chi connectivity index (χ0v) is 12.9. The number of thiocarbonyl (C=S) groups is 1. The summed E-state index contributed by atoms with van der Waals surface area (Å²) in [5.41, 5.74) is 7.11. The van der Waals surface area contributed by atoms with E-state index in [2.05, 4.69) is 20.9 Å². The molecule has 21 heavy (non-hydrogen) atoms. The van der Waals surface area contributed by atoms with Gasteiger partial charge in [-0.1, -0.05) is 28.1 Å². The molecule has 1 aliphatic rings. The summed E-state index contributed by atoms with van der Waals surface area (Å²) in [5.74, 6) is -0.841. The third kappa shape index (κ3) is 2.14. The van der Waals surface area contributed by atoms with E-state index in [-0.39, 0.29) is 10.6 Å². The number of fused-ring (bicyclic) bond motifs is 1. The highest BCUT2D eigenvalue weighted by atomic mass is 79.9. The Hall–Kier alpha value is -2.12. The number of nitrogens with zero attached hydrogens (tertiary/aromatic N) is 2. The van der Waals surface area contributed by atoms with E-state index in [0.717, 1.165) is 4.90 Å². The van der Waals surface area contributed by atoms with Gasteiger partial charge in [0.05, 0.1) is 16.8 Å². The first-order valence-electron chi connectivity index (χ1n) is 5.93. The van der Waals surface area contributed by atoms with Crippen LogP contribution in [0.3, 0.4) is 0 Å². The van der Waals surface area contributed by atoms with Gasteiger partial charge in [0, 0.05) is 22.4 Å². The van der Waals surface area contributed by atoms with Gasteiger partial charge >= 0.3 is 0 Å². The minimum atomic E-state index is -0.432. The predicted molar refractivity (Wildman–Crippen MR) is 85.4 cm³/mol. The van der Waals surface area contributed by atoms with Crippen molar-refractivity contribution in [2.75, 3.05) is 4.90 Å². The number of carbonyl (C=O) groups excluding carboxylic acids is 2. The molecule has 0 radical (unpaired) electrons. The highest BCUT2D eigenvalue weighted by Gasteiger charge is 2.38. The van der Waals surface area contributed by atoms with E-state index in [1.165, 1.54) is 18.5 Å². The maximum Gasteiger partial charge on any atom is 0.267 e. The minimum absolute atomic E-state index is 0.118. The zero-order valence-electron chi connectivity index (χ0n) is 10.5. The van der Waals surface area contributed by atoms with Gasteiger partial charge in [-0.2, -0.15) is 0 Å². The number of aromatic nitrogens is 1. The van der Waals surface area contributed by atoms with Crippen molar-refractivity contribution in [3.05, 3.63) is 57.8 Å². The summed E-state index contributed by atoms with van der Waals surface area (Å²) >= 11 is 8.31. The van der Waals surface area contributed by atoms with Crippen molar-refractivity contribution in [2.45, 2.75) is 0 Å². The number of imide groups is 1. The maximum atomic E-state index is 12.5. The summed E-state index contributed by atoms with van der Waals surface area (Å²) in [7, 11) is 0. The summed E-state index contributed by atoms with van der Waals surface area (Å²) in [6.45, 7) is 0. The quantitative estimate of drug-likeness (QED) is 0.655. The third-order valence-corrected chi connectivity index (χ3v) is 3.87. The fourth-order valence-corrected chi connectivity index (χ4v) is 2.72. The van der Waals surface area contributed by atoms with E-state index < -0.39 is 11.8 Å². The van der Waals surface area contributed by atoms with Crippen LogP contribution in [0.2, 0.25) is 0 Å². The minimum Gasteiger partial charge on any atom is -0.389 e. The fourth-order valence-electron chi connectivity index (χ4n) is 2.20. The SMILES string of the molecule is NC(=S)c1ccc(Br)cc1N1C(=O)c2ccncc2C1=O. The van der Waals surface area contributed by atoms with Crippen molar-refractivity contribution in [3.63, 3.8) is 0 Å². The number of anilines is 1. The molecule has 2 N–H and O–H groups in total. The molecule has 0 saturated heterocycles. The van der Waals surface area contributed by atoms with Gasteiger partial charge in [-0.3, -0.25) is 14.6 Å². The number of nitrogens with two attached hydrogens (primary N) is 1. The number of amides is 2. The van der Waals surface area contributed by atoms with Crippen molar-refractivity contribution in [1.82, 2.24) is 4.98 Å². The van der Waals surface area contributed by atoms with Crippen molar-refractivity contribution >= 4 is 50.6 Å². The fraction of sp³-hybridized carbons (Fsp3) is 0. The standard InChI is InChI=1S/C14H8BrN3O2S/c15-7-1-2-9(12(16)21)11(5-7)18-13(19)8-3-4-17-6-10(8)14(18)20/h1-6H,(H2,16,21). The second-order valence-corrected chi connectivity index (χ2v) is 5.75. The normalized spacial score (nSPS) is 13.5. The highest BCUT2D eigenvalue weighted by molar-refractivity contribution is 9.10. The lowest BCUT2D eigenvalue weighted by molar-refractivity contribution is 0.0926. The molecule has 3 rings (SSSR count). The first-order chi connectivity index (χ1) is 10.0. The summed E-state index contributed by atoms with van der Waals surface area (Å²) in [6, 6.07) is 6.58. The van der Waals surface area contributed by atoms with Crippen LogP contribution in [0.1, 0.15) is 26.3 Å². The van der Waals surface area contributed by atoms with E-state index in [1.54, 1.807) is 18.2 Å². The summed E-state index contributed by atoms with van der Waals surface area (Å²) in [6.07, 6.45) is 2.86. The second kappa shape index (κ2) is 5.01. The maximum absolute atomic E-state index is 12.5. The summed E-state index contributed by atoms with van der Waals surface area (Å²) < 4.78 is 0.715. The molecule has 0 fully saturated rings. The number of carbonyl (C=O) groups is 2. The van der Waals surface area contributed by atoms with E-state index >= 15 is 0 Å². The van der Waals surface area contributed by atoms with Crippen LogP contribution in [-0.2, 0) is 0 Å². The molecule has 1 aromatic carbocycles. The average molecular weight is 362 g/mol. The molecule has 0 unspecified atom stereocenters. The monoisotopic (exact) mass is 361 g/mol. The van der Waals surface area contributed by atoms with Gasteiger partial charge < -0.3 is 5.73 Å². The Morgan fingerprint density at radius 2 is 1.90 bits per heavy atom. The number of hydrogen-bond acceptors (Lipinski definition) is 4. The van der Waals surface area contributed by atoms with E-state index in [9.17, 15) is 9.59 Å². The molecule has 0 spiro atoms. The van der Waals surface area contributed by atoms with Gasteiger partial charge in [-0.15, -0.1) is 0 Å². The molecule has 1 aromatic heterocycles. The predicted octanol–water partition coefficient (Wildman–Crippen LogP) is 2.28. The molecule has 0 bridgehead atoms. The van der Waals surface area contributed by atoms with Crippen LogP contribution in [0.4, 0.5) is 5.69 Å². The smallest absolute Gasteiger partial charge is 0.267 e. The van der Waals surface area contributed by atoms with Crippen molar-refractivity contribution in [1.29, 1.82) is 0 Å². The molecule has 7 heteroatoms. The Labute approximate surface area is 133 Å². The Morgan fingerprint density at radius 1 is 1.19 bits per heavy atom. The van der Waals surface area contributed by atoms with Crippen LogP contribution in [0, 0.1) is 0 Å². The van der Waals surface area contributed by atoms with E-state index in [1.807, 2.05) is 0 Å². The molecule has 0 atom stereocenters. The number of halogens is 1. The zero-order chi connectivity index (χ0) is 15.1. The molecule has 0 saturated carbocycles. The van der Waals surface area contributed by atoms with Crippen LogP contribution >= 0.6 is 28.1 Å². The van der Waals surface area contributed by atoms with E-state index in [4.69, 9.17) is 18.0 Å². The van der Waals surface area contributed by atoms with Crippen molar-refractivity contribution in [2.24, 2.45) is 5.73 Å². The highest BCUT2D eigenvalue weighted by Crippen LogP contribution is 2.32. The Morgan fingerprint density at radius 3 is 2.57 bits per heavy atom. The average Bonchev–Trinajstić information content (AvgIpc) is 2.71. The largest absolute Gasteiger partial charge is 0.389 e. The second-order valence-electron chi connectivity index (χ2n) is 4.39. The molecule has 5 nitrogen and oxygen atoms in total. The molecule has 2 aromatic rings. The van der Waals surface area contributed by atoms with Crippen molar-refractivity contribution in [3.8, 4) is 0 Å². The van der Waals surface area contributed by atoms with Crippen molar-refractivity contribution < 1.29 is 9.59 Å². The van der Waals surface area contributed by atoms with Crippen LogP contribution in [0.15, 0.2) is 41.1 Å². The number of benzene rings is 1. The Balaban J connectivity index is 2.20. The number of pyridine rings is 1. The lowest BCUT2D eigenvalue weighted by Gasteiger charge is -2.18. The Bertz CT molecular complexity index is 772. The molecule has 2 amide bonds. The summed E-state index contributed by atoms with van der Waals surface area (Å²) in [4.78, 5) is 30.0.